The van der Waals surface area contributed by atoms with Crippen LogP contribution in [0.15, 0.2) is 40.9 Å². The Bertz CT molecular complexity index is 1010. The second-order valence-corrected chi connectivity index (χ2v) is 8.07. The van der Waals surface area contributed by atoms with Gasteiger partial charge in [0, 0.05) is 7.05 Å². The fourth-order valence-corrected chi connectivity index (χ4v) is 4.12. The van der Waals surface area contributed by atoms with Crippen LogP contribution in [0.3, 0.4) is 0 Å². The zero-order valence-electron chi connectivity index (χ0n) is 15.5. The van der Waals surface area contributed by atoms with Gasteiger partial charge in [0.15, 0.2) is 11.0 Å². The number of carbonyl (C=O) groups is 2. The molecule has 2 heterocycles. The largest absolute Gasteiger partial charge is 0.496 e. The highest BCUT2D eigenvalue weighted by Crippen LogP contribution is 2.31. The predicted molar refractivity (Wildman–Crippen MR) is 110 cm³/mol. The van der Waals surface area contributed by atoms with Gasteiger partial charge in [-0.05, 0) is 30.5 Å². The first-order valence-electron chi connectivity index (χ1n) is 8.30. The average Bonchev–Trinajstić information content (AvgIpc) is 3.29. The number of nitrogens with two attached hydrogens (primary N) is 1. The van der Waals surface area contributed by atoms with Crippen LogP contribution >= 0.6 is 23.1 Å². The van der Waals surface area contributed by atoms with Crippen LogP contribution in [-0.2, 0) is 11.8 Å². The number of para-hydroxylation sites is 1. The van der Waals surface area contributed by atoms with Crippen LogP contribution in [-0.4, -0.2) is 38.9 Å². The Morgan fingerprint density at radius 1 is 1.29 bits per heavy atom. The van der Waals surface area contributed by atoms with Gasteiger partial charge in [0.05, 0.1) is 23.5 Å². The summed E-state index contributed by atoms with van der Waals surface area (Å²) >= 11 is 2.52. The van der Waals surface area contributed by atoms with E-state index in [4.69, 9.17) is 10.5 Å². The standard InChI is InChI=1S/C18H19N5O3S2/c1-10(16(25)20-17-12(14(19)24)8-9-27-17)28-18-22-21-15(23(18)2)11-6-4-5-7-13(11)26-3/h4-10H,1-3H3,(H2,19,24)(H,20,25)/t10-/m0/s1. The van der Waals surface area contributed by atoms with Crippen LogP contribution in [0.1, 0.15) is 17.3 Å². The Balaban J connectivity index is 1.75. The number of ether oxygens (including phenoxy) is 1. The first kappa shape index (κ1) is 19.9. The highest BCUT2D eigenvalue weighted by atomic mass is 32.2. The molecule has 0 unspecified atom stereocenters. The molecule has 0 aliphatic carbocycles. The molecule has 146 valence electrons. The molecule has 0 fully saturated rings. The molecule has 2 amide bonds. The maximum atomic E-state index is 12.5. The first-order chi connectivity index (χ1) is 13.4. The number of anilines is 1. The summed E-state index contributed by atoms with van der Waals surface area (Å²) in [5.74, 6) is 0.502. The SMILES string of the molecule is COc1ccccc1-c1nnc(S[C@@H](C)C(=O)Nc2sccc2C(N)=O)n1C. The number of rotatable bonds is 7. The van der Waals surface area contributed by atoms with Gasteiger partial charge in [-0.25, -0.2) is 0 Å². The molecule has 1 atom stereocenters. The Morgan fingerprint density at radius 2 is 2.04 bits per heavy atom. The van der Waals surface area contributed by atoms with Gasteiger partial charge in [0.25, 0.3) is 5.91 Å². The molecule has 1 aromatic carbocycles. The van der Waals surface area contributed by atoms with Gasteiger partial charge >= 0.3 is 0 Å². The minimum absolute atomic E-state index is 0.253. The lowest BCUT2D eigenvalue weighted by atomic mass is 10.2. The lowest BCUT2D eigenvalue weighted by molar-refractivity contribution is -0.115. The van der Waals surface area contributed by atoms with Crippen molar-refractivity contribution in [3.63, 3.8) is 0 Å². The smallest absolute Gasteiger partial charge is 0.251 e. The number of thiophene rings is 1. The lowest BCUT2D eigenvalue weighted by Gasteiger charge is -2.12. The molecule has 3 aromatic rings. The van der Waals surface area contributed by atoms with Crippen LogP contribution in [0.5, 0.6) is 5.75 Å². The van der Waals surface area contributed by atoms with E-state index in [1.807, 2.05) is 35.9 Å². The molecule has 0 aliphatic heterocycles. The van der Waals surface area contributed by atoms with Crippen molar-refractivity contribution in [2.75, 3.05) is 12.4 Å². The van der Waals surface area contributed by atoms with Crippen LogP contribution < -0.4 is 15.8 Å². The Kier molecular flexibility index (Phi) is 6.00. The minimum Gasteiger partial charge on any atom is -0.496 e. The number of carbonyl (C=O) groups excluding carboxylic acids is 2. The number of thioether (sulfide) groups is 1. The van der Waals surface area contributed by atoms with Gasteiger partial charge in [-0.3, -0.25) is 9.59 Å². The third-order valence-corrected chi connectivity index (χ3v) is 5.97. The van der Waals surface area contributed by atoms with Crippen LogP contribution in [0.2, 0.25) is 0 Å². The van der Waals surface area contributed by atoms with Crippen molar-refractivity contribution in [2.45, 2.75) is 17.3 Å². The number of aromatic nitrogens is 3. The molecule has 0 bridgehead atoms. The summed E-state index contributed by atoms with van der Waals surface area (Å²) in [7, 11) is 3.43. The molecule has 0 spiro atoms. The summed E-state index contributed by atoms with van der Waals surface area (Å²) < 4.78 is 7.20. The second kappa shape index (κ2) is 8.44. The number of primary amides is 1. The zero-order chi connectivity index (χ0) is 20.3. The molecule has 0 saturated carbocycles. The summed E-state index contributed by atoms with van der Waals surface area (Å²) in [5.41, 5.74) is 6.43. The molecule has 0 radical (unpaired) electrons. The first-order valence-corrected chi connectivity index (χ1v) is 10.1. The van der Waals surface area contributed by atoms with Gasteiger partial charge < -0.3 is 20.4 Å². The molecule has 3 rings (SSSR count). The molecule has 0 saturated heterocycles. The highest BCUT2D eigenvalue weighted by molar-refractivity contribution is 8.00. The van der Waals surface area contributed by atoms with Gasteiger partial charge in [-0.2, -0.15) is 0 Å². The van der Waals surface area contributed by atoms with Crippen molar-refractivity contribution in [1.29, 1.82) is 0 Å². The molecule has 0 aliphatic rings. The molecule has 2 aromatic heterocycles. The maximum absolute atomic E-state index is 12.5. The van der Waals surface area contributed by atoms with Crippen molar-refractivity contribution < 1.29 is 14.3 Å². The predicted octanol–water partition coefficient (Wildman–Crippen LogP) is 2.77. The van der Waals surface area contributed by atoms with E-state index in [1.54, 1.807) is 25.5 Å². The van der Waals surface area contributed by atoms with Crippen molar-refractivity contribution >= 4 is 39.9 Å². The molecule has 10 heteroatoms. The fourth-order valence-electron chi connectivity index (χ4n) is 2.51. The van der Waals surface area contributed by atoms with Gasteiger partial charge in [-0.1, -0.05) is 23.9 Å². The van der Waals surface area contributed by atoms with E-state index in [-0.39, 0.29) is 5.91 Å². The summed E-state index contributed by atoms with van der Waals surface area (Å²) in [4.78, 5) is 23.9. The maximum Gasteiger partial charge on any atom is 0.251 e. The van der Waals surface area contributed by atoms with E-state index >= 15 is 0 Å². The van der Waals surface area contributed by atoms with Crippen LogP contribution in [0.25, 0.3) is 11.4 Å². The number of hydrogen-bond donors (Lipinski definition) is 2. The highest BCUT2D eigenvalue weighted by Gasteiger charge is 2.22. The van der Waals surface area contributed by atoms with Crippen molar-refractivity contribution in [3.8, 4) is 17.1 Å². The molecular formula is C18H19N5O3S2. The number of methoxy groups -OCH3 is 1. The zero-order valence-corrected chi connectivity index (χ0v) is 17.1. The Morgan fingerprint density at radius 3 is 2.75 bits per heavy atom. The van der Waals surface area contributed by atoms with E-state index in [2.05, 4.69) is 15.5 Å². The van der Waals surface area contributed by atoms with Crippen LogP contribution in [0, 0.1) is 0 Å². The Hall–Kier alpha value is -2.85. The van der Waals surface area contributed by atoms with Crippen LogP contribution in [0.4, 0.5) is 5.00 Å². The summed E-state index contributed by atoms with van der Waals surface area (Å²) in [6.07, 6.45) is 0. The second-order valence-electron chi connectivity index (χ2n) is 5.84. The summed E-state index contributed by atoms with van der Waals surface area (Å²) in [6, 6.07) is 9.11. The quantitative estimate of drug-likeness (QED) is 0.572. The fraction of sp³-hybridized carbons (Fsp3) is 0.222. The van der Waals surface area contributed by atoms with Gasteiger partial charge in [0.2, 0.25) is 5.91 Å². The lowest BCUT2D eigenvalue weighted by Crippen LogP contribution is -2.24. The monoisotopic (exact) mass is 417 g/mol. The molecule has 3 N–H and O–H groups in total. The molecule has 8 nitrogen and oxygen atoms in total. The number of nitrogens with one attached hydrogen (secondary N) is 1. The number of nitrogens with zero attached hydrogens (tertiary/aromatic N) is 3. The third-order valence-electron chi connectivity index (χ3n) is 4.00. The van der Waals surface area contributed by atoms with Gasteiger partial charge in [-0.15, -0.1) is 21.5 Å². The van der Waals surface area contributed by atoms with Crippen molar-refractivity contribution in [1.82, 2.24) is 14.8 Å². The normalized spacial score (nSPS) is 11.8. The molecule has 28 heavy (non-hydrogen) atoms. The average molecular weight is 418 g/mol. The molecular weight excluding hydrogens is 398 g/mol. The topological polar surface area (TPSA) is 112 Å². The van der Waals surface area contributed by atoms with E-state index in [9.17, 15) is 9.59 Å². The minimum atomic E-state index is -0.577. The summed E-state index contributed by atoms with van der Waals surface area (Å²) in [6.45, 7) is 1.76. The van der Waals surface area contributed by atoms with E-state index in [0.29, 0.717) is 27.3 Å². The summed E-state index contributed by atoms with van der Waals surface area (Å²) in [5, 5.41) is 13.5. The van der Waals surface area contributed by atoms with E-state index in [1.165, 1.54) is 23.1 Å². The Labute approximate surface area is 170 Å². The number of amides is 2. The van der Waals surface area contributed by atoms with E-state index < -0.39 is 11.2 Å². The van der Waals surface area contributed by atoms with E-state index in [0.717, 1.165) is 5.56 Å². The number of benzene rings is 1. The van der Waals surface area contributed by atoms with Crippen molar-refractivity contribution in [2.24, 2.45) is 12.8 Å². The van der Waals surface area contributed by atoms with Crippen molar-refractivity contribution in [3.05, 3.63) is 41.3 Å². The van der Waals surface area contributed by atoms with Gasteiger partial charge in [0.1, 0.15) is 10.8 Å². The third kappa shape index (κ3) is 4.02. The number of hydrogen-bond acceptors (Lipinski definition) is 7.